The predicted octanol–water partition coefficient (Wildman–Crippen LogP) is 4.82. The zero-order valence-corrected chi connectivity index (χ0v) is 20.5. The molecule has 6 heteroatoms. The molecule has 2 aliphatic carbocycles. The molecule has 35 heavy (non-hydrogen) atoms. The summed E-state index contributed by atoms with van der Waals surface area (Å²) in [5.74, 6) is 0.562. The average Bonchev–Trinajstić information content (AvgIpc) is 3.23. The number of fused-ring (bicyclic) bond motifs is 1. The Morgan fingerprint density at radius 1 is 1.06 bits per heavy atom. The van der Waals surface area contributed by atoms with Gasteiger partial charge in [0, 0.05) is 60.3 Å². The smallest absolute Gasteiger partial charge is 0.248 e. The van der Waals surface area contributed by atoms with Crippen molar-refractivity contribution in [1.29, 1.82) is 0 Å². The Kier molecular flexibility index (Phi) is 7.37. The maximum absolute atomic E-state index is 13.3. The first-order valence-electron chi connectivity index (χ1n) is 13.4. The lowest BCUT2D eigenvalue weighted by molar-refractivity contribution is -0.122. The van der Waals surface area contributed by atoms with Crippen molar-refractivity contribution in [2.75, 3.05) is 0 Å². The Balaban J connectivity index is 1.46. The van der Waals surface area contributed by atoms with E-state index in [1.165, 1.54) is 43.0 Å². The van der Waals surface area contributed by atoms with Crippen molar-refractivity contribution >= 4 is 16.8 Å². The Hall–Kier alpha value is -2.86. The first-order valence-corrected chi connectivity index (χ1v) is 13.4. The van der Waals surface area contributed by atoms with Gasteiger partial charge in [-0.3, -0.25) is 9.59 Å². The van der Waals surface area contributed by atoms with Crippen LogP contribution in [0.1, 0.15) is 81.3 Å². The van der Waals surface area contributed by atoms with Gasteiger partial charge >= 0.3 is 0 Å². The van der Waals surface area contributed by atoms with E-state index in [1.807, 2.05) is 6.07 Å². The molecule has 2 aromatic heterocycles. The molecule has 0 spiro atoms. The number of para-hydroxylation sites is 1. The summed E-state index contributed by atoms with van der Waals surface area (Å²) in [6, 6.07) is 12.5. The van der Waals surface area contributed by atoms with Crippen molar-refractivity contribution < 1.29 is 4.79 Å². The zero-order valence-electron chi connectivity index (χ0n) is 20.5. The second-order valence-electron chi connectivity index (χ2n) is 10.7. The number of aromatic amines is 1. The normalized spacial score (nSPS) is 22.2. The van der Waals surface area contributed by atoms with Crippen molar-refractivity contribution in [2.45, 2.75) is 88.8 Å². The Bertz CT molecular complexity index is 1200. The van der Waals surface area contributed by atoms with Gasteiger partial charge in [0.05, 0.1) is 0 Å². The highest BCUT2D eigenvalue weighted by molar-refractivity contribution is 5.86. The molecule has 1 aromatic carbocycles. The summed E-state index contributed by atoms with van der Waals surface area (Å²) in [4.78, 5) is 28.2. The van der Waals surface area contributed by atoms with Gasteiger partial charge in [0.1, 0.15) is 0 Å². The first kappa shape index (κ1) is 23.9. The van der Waals surface area contributed by atoms with E-state index in [1.54, 1.807) is 12.3 Å². The zero-order chi connectivity index (χ0) is 24.2. The van der Waals surface area contributed by atoms with Crippen molar-refractivity contribution in [1.82, 2.24) is 14.9 Å². The molecule has 186 valence electrons. The summed E-state index contributed by atoms with van der Waals surface area (Å²) in [7, 11) is 0. The standard InChI is InChI=1S/C29H38N4O2/c30-22-10-12-23(13-11-22)32-29(35)17-25(21-14-15-31-28(34)16-21)26-19-33(18-20-6-2-1-3-7-20)27-9-5-4-8-24(26)27/h4-5,8-9,14-16,19-20,22-23,25H,1-3,6-7,10-13,17-18,30H2,(H,31,34)(H,32,35). The highest BCUT2D eigenvalue weighted by atomic mass is 16.1. The second-order valence-corrected chi connectivity index (χ2v) is 10.7. The molecule has 2 heterocycles. The average molecular weight is 475 g/mol. The van der Waals surface area contributed by atoms with Gasteiger partial charge in [0.2, 0.25) is 11.5 Å². The third-order valence-corrected chi connectivity index (χ3v) is 8.10. The quantitative estimate of drug-likeness (QED) is 0.458. The van der Waals surface area contributed by atoms with Crippen LogP contribution in [0.5, 0.6) is 0 Å². The molecule has 1 atom stereocenters. The monoisotopic (exact) mass is 474 g/mol. The number of hydrogen-bond acceptors (Lipinski definition) is 3. The summed E-state index contributed by atoms with van der Waals surface area (Å²) in [5, 5.41) is 4.43. The van der Waals surface area contributed by atoms with E-state index in [0.717, 1.165) is 43.4 Å². The molecule has 3 aromatic rings. The highest BCUT2D eigenvalue weighted by Gasteiger charge is 2.26. The molecule has 0 saturated heterocycles. The molecule has 1 amide bonds. The maximum atomic E-state index is 13.3. The van der Waals surface area contributed by atoms with Gasteiger partial charge in [-0.1, -0.05) is 37.5 Å². The van der Waals surface area contributed by atoms with Crippen LogP contribution in [0.15, 0.2) is 53.6 Å². The van der Waals surface area contributed by atoms with E-state index in [-0.39, 0.29) is 29.5 Å². The Morgan fingerprint density at radius 2 is 1.83 bits per heavy atom. The Labute approximate surface area is 207 Å². The van der Waals surface area contributed by atoms with E-state index >= 15 is 0 Å². The molecule has 0 bridgehead atoms. The molecule has 1 unspecified atom stereocenters. The van der Waals surface area contributed by atoms with Crippen LogP contribution in [0, 0.1) is 5.92 Å². The lowest BCUT2D eigenvalue weighted by Crippen LogP contribution is -2.40. The van der Waals surface area contributed by atoms with Gasteiger partial charge in [-0.25, -0.2) is 0 Å². The number of aromatic nitrogens is 2. The van der Waals surface area contributed by atoms with Gasteiger partial charge in [0.25, 0.3) is 0 Å². The predicted molar refractivity (Wildman–Crippen MR) is 140 cm³/mol. The van der Waals surface area contributed by atoms with E-state index < -0.39 is 0 Å². The molecule has 2 saturated carbocycles. The van der Waals surface area contributed by atoms with E-state index in [2.05, 4.69) is 45.3 Å². The van der Waals surface area contributed by atoms with Crippen LogP contribution in [0.2, 0.25) is 0 Å². The summed E-state index contributed by atoms with van der Waals surface area (Å²) in [6.45, 7) is 1.01. The number of pyridine rings is 1. The lowest BCUT2D eigenvalue weighted by atomic mass is 9.87. The van der Waals surface area contributed by atoms with Crippen molar-refractivity contribution in [3.63, 3.8) is 0 Å². The molecule has 2 aliphatic rings. The Morgan fingerprint density at radius 3 is 2.60 bits per heavy atom. The fourth-order valence-corrected chi connectivity index (χ4v) is 6.17. The number of amides is 1. The second kappa shape index (κ2) is 10.8. The minimum Gasteiger partial charge on any atom is -0.353 e. The van der Waals surface area contributed by atoms with Crippen LogP contribution < -0.4 is 16.6 Å². The lowest BCUT2D eigenvalue weighted by Gasteiger charge is -2.27. The topological polar surface area (TPSA) is 92.9 Å². The molecular weight excluding hydrogens is 436 g/mol. The number of nitrogens with one attached hydrogen (secondary N) is 2. The number of nitrogens with zero attached hydrogens (tertiary/aromatic N) is 1. The minimum absolute atomic E-state index is 0.0415. The summed E-state index contributed by atoms with van der Waals surface area (Å²) >= 11 is 0. The van der Waals surface area contributed by atoms with Gasteiger partial charge in [-0.2, -0.15) is 0 Å². The summed E-state index contributed by atoms with van der Waals surface area (Å²) < 4.78 is 2.39. The number of carbonyl (C=O) groups is 1. The highest BCUT2D eigenvalue weighted by Crippen LogP contribution is 2.36. The fourth-order valence-electron chi connectivity index (χ4n) is 6.17. The minimum atomic E-state index is -0.180. The SMILES string of the molecule is NC1CCC(NC(=O)CC(c2cc[nH]c(=O)c2)c2cn(CC3CCCCC3)c3ccccc23)CC1. The van der Waals surface area contributed by atoms with Gasteiger partial charge in [-0.15, -0.1) is 0 Å². The number of carbonyl (C=O) groups excluding carboxylic acids is 1. The number of rotatable bonds is 7. The fraction of sp³-hybridized carbons (Fsp3) is 0.517. The van der Waals surface area contributed by atoms with Gasteiger partial charge in [-0.05, 0) is 67.7 Å². The van der Waals surface area contributed by atoms with Crippen molar-refractivity contribution in [3.8, 4) is 0 Å². The molecule has 6 nitrogen and oxygen atoms in total. The van der Waals surface area contributed by atoms with Gasteiger partial charge in [0.15, 0.2) is 0 Å². The van der Waals surface area contributed by atoms with Crippen LogP contribution in [0.25, 0.3) is 10.9 Å². The molecule has 2 fully saturated rings. The molecule has 0 aliphatic heterocycles. The van der Waals surface area contributed by atoms with E-state index in [0.29, 0.717) is 12.3 Å². The third-order valence-electron chi connectivity index (χ3n) is 8.10. The summed E-state index contributed by atoms with van der Waals surface area (Å²) in [6.07, 6.45) is 14.6. The van der Waals surface area contributed by atoms with Crippen molar-refractivity contribution in [3.05, 3.63) is 70.3 Å². The number of benzene rings is 1. The maximum Gasteiger partial charge on any atom is 0.248 e. The largest absolute Gasteiger partial charge is 0.353 e. The number of hydrogen-bond donors (Lipinski definition) is 3. The number of nitrogens with two attached hydrogens (primary N) is 1. The number of H-pyrrole nitrogens is 1. The van der Waals surface area contributed by atoms with E-state index in [9.17, 15) is 9.59 Å². The van der Waals surface area contributed by atoms with Crippen molar-refractivity contribution in [2.24, 2.45) is 11.7 Å². The van der Waals surface area contributed by atoms with Crippen LogP contribution in [-0.4, -0.2) is 27.5 Å². The van der Waals surface area contributed by atoms with Crippen LogP contribution in [0.4, 0.5) is 0 Å². The van der Waals surface area contributed by atoms with Crippen LogP contribution >= 0.6 is 0 Å². The summed E-state index contributed by atoms with van der Waals surface area (Å²) in [5.41, 5.74) is 9.14. The third kappa shape index (κ3) is 5.69. The van der Waals surface area contributed by atoms with Crippen LogP contribution in [-0.2, 0) is 11.3 Å². The van der Waals surface area contributed by atoms with Gasteiger partial charge < -0.3 is 20.6 Å². The van der Waals surface area contributed by atoms with Crippen LogP contribution in [0.3, 0.4) is 0 Å². The van der Waals surface area contributed by atoms with E-state index in [4.69, 9.17) is 5.73 Å². The molecule has 0 radical (unpaired) electrons. The first-order chi connectivity index (χ1) is 17.1. The molecule has 4 N–H and O–H groups in total. The molecular formula is C29H38N4O2. The molecule has 5 rings (SSSR count).